The van der Waals surface area contributed by atoms with E-state index >= 15 is 0 Å². The number of methoxy groups -OCH3 is 1. The van der Waals surface area contributed by atoms with Crippen molar-refractivity contribution in [1.29, 1.82) is 5.26 Å². The fraction of sp³-hybridized carbons (Fsp3) is 0.500. The summed E-state index contributed by atoms with van der Waals surface area (Å²) < 4.78 is 5.10. The molecule has 0 aromatic heterocycles. The standard InChI is InChI=1S/C14H18N2O2/c1-18-13-3-2-11(6-12(13)7-15)8-16-9-14(10-17)4-5-14/h2-3,6,16-17H,4-5,8-10H2,1H3. The molecule has 0 atom stereocenters. The first-order chi connectivity index (χ1) is 8.73. The Morgan fingerprint density at radius 3 is 2.83 bits per heavy atom. The summed E-state index contributed by atoms with van der Waals surface area (Å²) in [4.78, 5) is 0. The van der Waals surface area contributed by atoms with Crippen LogP contribution in [0.15, 0.2) is 18.2 Å². The first kappa shape index (κ1) is 12.9. The van der Waals surface area contributed by atoms with Gasteiger partial charge in [-0.15, -0.1) is 0 Å². The van der Waals surface area contributed by atoms with Crippen LogP contribution in [-0.2, 0) is 6.54 Å². The Balaban J connectivity index is 1.92. The lowest BCUT2D eigenvalue weighted by atomic mass is 10.1. The molecule has 1 aliphatic rings. The molecule has 1 aromatic carbocycles. The summed E-state index contributed by atoms with van der Waals surface area (Å²) >= 11 is 0. The predicted octanol–water partition coefficient (Wildman–Crippen LogP) is 1.43. The third-order valence-electron chi connectivity index (χ3n) is 3.51. The molecule has 1 aliphatic carbocycles. The molecule has 18 heavy (non-hydrogen) atoms. The molecule has 0 bridgehead atoms. The summed E-state index contributed by atoms with van der Waals surface area (Å²) in [5.74, 6) is 0.607. The van der Waals surface area contributed by atoms with Gasteiger partial charge in [0.15, 0.2) is 0 Å². The van der Waals surface area contributed by atoms with Crippen molar-refractivity contribution in [3.05, 3.63) is 29.3 Å². The van der Waals surface area contributed by atoms with Crippen molar-refractivity contribution in [3.8, 4) is 11.8 Å². The topological polar surface area (TPSA) is 65.3 Å². The van der Waals surface area contributed by atoms with Gasteiger partial charge in [-0.05, 0) is 30.5 Å². The average molecular weight is 246 g/mol. The van der Waals surface area contributed by atoms with Gasteiger partial charge in [0.2, 0.25) is 0 Å². The van der Waals surface area contributed by atoms with Crippen LogP contribution in [0.5, 0.6) is 5.75 Å². The third kappa shape index (κ3) is 2.81. The van der Waals surface area contributed by atoms with Crippen LogP contribution >= 0.6 is 0 Å². The van der Waals surface area contributed by atoms with Crippen molar-refractivity contribution in [1.82, 2.24) is 5.32 Å². The first-order valence-electron chi connectivity index (χ1n) is 6.12. The molecule has 0 amide bonds. The van der Waals surface area contributed by atoms with Gasteiger partial charge in [-0.25, -0.2) is 0 Å². The van der Waals surface area contributed by atoms with Crippen LogP contribution in [0, 0.1) is 16.7 Å². The molecule has 4 heteroatoms. The van der Waals surface area contributed by atoms with Gasteiger partial charge in [0.05, 0.1) is 12.7 Å². The minimum absolute atomic E-state index is 0.116. The van der Waals surface area contributed by atoms with Gasteiger partial charge < -0.3 is 15.2 Å². The number of ether oxygens (including phenoxy) is 1. The van der Waals surface area contributed by atoms with Gasteiger partial charge in [0, 0.05) is 25.1 Å². The lowest BCUT2D eigenvalue weighted by molar-refractivity contribution is 0.207. The summed E-state index contributed by atoms with van der Waals surface area (Å²) in [6.07, 6.45) is 2.20. The number of benzene rings is 1. The molecule has 0 unspecified atom stereocenters. The quantitative estimate of drug-likeness (QED) is 0.797. The predicted molar refractivity (Wildman–Crippen MR) is 68.2 cm³/mol. The minimum atomic E-state index is 0.116. The second-order valence-electron chi connectivity index (χ2n) is 4.91. The van der Waals surface area contributed by atoms with Gasteiger partial charge >= 0.3 is 0 Å². The van der Waals surface area contributed by atoms with E-state index in [0.717, 1.165) is 24.9 Å². The van der Waals surface area contributed by atoms with E-state index in [1.807, 2.05) is 18.2 Å². The molecule has 2 rings (SSSR count). The van der Waals surface area contributed by atoms with Crippen LogP contribution in [0.2, 0.25) is 0 Å². The summed E-state index contributed by atoms with van der Waals surface area (Å²) in [6.45, 7) is 1.80. The van der Waals surface area contributed by atoms with Crippen LogP contribution in [0.3, 0.4) is 0 Å². The van der Waals surface area contributed by atoms with E-state index in [-0.39, 0.29) is 12.0 Å². The monoisotopic (exact) mass is 246 g/mol. The molecule has 96 valence electrons. The number of nitrogens with one attached hydrogen (secondary N) is 1. The van der Waals surface area contributed by atoms with Crippen LogP contribution in [-0.4, -0.2) is 25.4 Å². The summed E-state index contributed by atoms with van der Waals surface area (Å²) in [5.41, 5.74) is 1.73. The maximum atomic E-state index is 9.20. The molecule has 1 saturated carbocycles. The maximum Gasteiger partial charge on any atom is 0.136 e. The highest BCUT2D eigenvalue weighted by Crippen LogP contribution is 2.44. The van der Waals surface area contributed by atoms with Crippen molar-refractivity contribution in [3.63, 3.8) is 0 Å². The molecule has 0 saturated heterocycles. The molecular weight excluding hydrogens is 228 g/mol. The van der Waals surface area contributed by atoms with E-state index in [1.54, 1.807) is 7.11 Å². The molecule has 1 aromatic rings. The second kappa shape index (κ2) is 5.38. The molecular formula is C14H18N2O2. The molecule has 1 fully saturated rings. The van der Waals surface area contributed by atoms with Gasteiger partial charge in [-0.2, -0.15) is 5.26 Å². The van der Waals surface area contributed by atoms with E-state index < -0.39 is 0 Å². The van der Waals surface area contributed by atoms with Crippen molar-refractivity contribution < 1.29 is 9.84 Å². The molecule has 2 N–H and O–H groups in total. The Hall–Kier alpha value is -1.57. The highest BCUT2D eigenvalue weighted by molar-refractivity contribution is 5.45. The van der Waals surface area contributed by atoms with E-state index in [1.165, 1.54) is 0 Å². The smallest absolute Gasteiger partial charge is 0.136 e. The zero-order chi connectivity index (χ0) is 13.0. The Morgan fingerprint density at radius 2 is 2.28 bits per heavy atom. The molecule has 0 heterocycles. The molecule has 0 aliphatic heterocycles. The number of hydrogen-bond acceptors (Lipinski definition) is 4. The minimum Gasteiger partial charge on any atom is -0.495 e. The Morgan fingerprint density at radius 1 is 1.50 bits per heavy atom. The van der Waals surface area contributed by atoms with Gasteiger partial charge in [0.25, 0.3) is 0 Å². The van der Waals surface area contributed by atoms with Crippen molar-refractivity contribution in [2.45, 2.75) is 19.4 Å². The van der Waals surface area contributed by atoms with Crippen LogP contribution < -0.4 is 10.1 Å². The number of rotatable bonds is 6. The van der Waals surface area contributed by atoms with E-state index in [2.05, 4.69) is 11.4 Å². The van der Waals surface area contributed by atoms with Gasteiger partial charge in [-0.3, -0.25) is 0 Å². The largest absolute Gasteiger partial charge is 0.495 e. The summed E-state index contributed by atoms with van der Waals surface area (Å²) in [5, 5.41) is 21.5. The van der Waals surface area contributed by atoms with E-state index in [9.17, 15) is 5.11 Å². The van der Waals surface area contributed by atoms with Crippen LogP contribution in [0.4, 0.5) is 0 Å². The van der Waals surface area contributed by atoms with Crippen molar-refractivity contribution in [2.75, 3.05) is 20.3 Å². The number of aliphatic hydroxyl groups excluding tert-OH is 1. The van der Waals surface area contributed by atoms with Crippen molar-refractivity contribution in [2.24, 2.45) is 5.41 Å². The third-order valence-corrected chi connectivity index (χ3v) is 3.51. The first-order valence-corrected chi connectivity index (χ1v) is 6.12. The maximum absolute atomic E-state index is 9.20. The number of nitrogens with zero attached hydrogens (tertiary/aromatic N) is 1. The summed E-state index contributed by atoms with van der Waals surface area (Å²) in [6, 6.07) is 7.73. The molecule has 0 radical (unpaired) electrons. The second-order valence-corrected chi connectivity index (χ2v) is 4.91. The highest BCUT2D eigenvalue weighted by Gasteiger charge is 2.41. The van der Waals surface area contributed by atoms with Crippen molar-refractivity contribution >= 4 is 0 Å². The van der Waals surface area contributed by atoms with Crippen LogP contribution in [0.1, 0.15) is 24.0 Å². The highest BCUT2D eigenvalue weighted by atomic mass is 16.5. The molecule has 0 spiro atoms. The van der Waals surface area contributed by atoms with Crippen LogP contribution in [0.25, 0.3) is 0 Å². The van der Waals surface area contributed by atoms with Gasteiger partial charge in [-0.1, -0.05) is 6.07 Å². The average Bonchev–Trinajstić information content (AvgIpc) is 3.19. The molecule has 4 nitrogen and oxygen atoms in total. The lowest BCUT2D eigenvalue weighted by Gasteiger charge is -2.13. The SMILES string of the molecule is COc1ccc(CNCC2(CO)CC2)cc1C#N. The fourth-order valence-electron chi connectivity index (χ4n) is 1.99. The zero-order valence-electron chi connectivity index (χ0n) is 10.6. The number of nitriles is 1. The number of hydrogen-bond donors (Lipinski definition) is 2. The lowest BCUT2D eigenvalue weighted by Crippen LogP contribution is -2.26. The zero-order valence-corrected chi connectivity index (χ0v) is 10.6. The normalized spacial score (nSPS) is 16.1. The Labute approximate surface area is 107 Å². The Kier molecular flexibility index (Phi) is 3.85. The van der Waals surface area contributed by atoms with E-state index in [4.69, 9.17) is 10.00 Å². The van der Waals surface area contributed by atoms with Gasteiger partial charge in [0.1, 0.15) is 11.8 Å². The Bertz CT molecular complexity index is 461. The van der Waals surface area contributed by atoms with E-state index in [0.29, 0.717) is 17.9 Å². The number of aliphatic hydroxyl groups is 1. The summed E-state index contributed by atoms with van der Waals surface area (Å²) in [7, 11) is 1.56. The fourth-order valence-corrected chi connectivity index (χ4v) is 1.99.